The molecule has 111 valence electrons. The molecule has 0 atom stereocenters. The Morgan fingerprint density at radius 1 is 0.667 bits per heavy atom. The molecule has 2 rings (SSSR count). The average Bonchev–Trinajstić information content (AvgIpc) is 2.36. The number of halogens is 6. The summed E-state index contributed by atoms with van der Waals surface area (Å²) in [7, 11) is 0. The van der Waals surface area contributed by atoms with Crippen LogP contribution < -0.4 is 0 Å². The quantitative estimate of drug-likeness (QED) is 0.604. The molecule has 2 aromatic rings. The van der Waals surface area contributed by atoms with Crippen LogP contribution in [0.1, 0.15) is 16.7 Å². The van der Waals surface area contributed by atoms with Gasteiger partial charge in [0.1, 0.15) is 0 Å². The smallest absolute Gasteiger partial charge is 0.166 e. The van der Waals surface area contributed by atoms with E-state index in [0.29, 0.717) is 6.07 Å². The third-order valence-corrected chi connectivity index (χ3v) is 2.96. The van der Waals surface area contributed by atoms with Crippen LogP contribution in [0.5, 0.6) is 0 Å². The Kier molecular flexibility index (Phi) is 3.74. The molecule has 21 heavy (non-hydrogen) atoms. The molecule has 0 bridgehead atoms. The van der Waals surface area contributed by atoms with Gasteiger partial charge in [-0.25, -0.2) is 0 Å². The summed E-state index contributed by atoms with van der Waals surface area (Å²) < 4.78 is 78.0. The number of rotatable bonds is 1. The Morgan fingerprint density at radius 2 is 1.24 bits per heavy atom. The molecule has 0 aliphatic heterocycles. The summed E-state index contributed by atoms with van der Waals surface area (Å²) in [5.41, 5.74) is -3.66. The fourth-order valence-electron chi connectivity index (χ4n) is 2.10. The summed E-state index contributed by atoms with van der Waals surface area (Å²) in [4.78, 5) is 0. The van der Waals surface area contributed by atoms with Crippen LogP contribution in [0.15, 0.2) is 42.5 Å². The Hall–Kier alpha value is -1.98. The second-order valence-electron chi connectivity index (χ2n) is 4.38. The molecule has 6 heteroatoms. The molecule has 0 aliphatic rings. The van der Waals surface area contributed by atoms with Gasteiger partial charge in [-0.1, -0.05) is 36.4 Å². The monoisotopic (exact) mass is 303 g/mol. The van der Waals surface area contributed by atoms with Gasteiger partial charge >= 0.3 is 12.4 Å². The van der Waals surface area contributed by atoms with Gasteiger partial charge < -0.3 is 0 Å². The molecule has 0 spiro atoms. The van der Waals surface area contributed by atoms with Crippen LogP contribution in [-0.4, -0.2) is 0 Å². The van der Waals surface area contributed by atoms with Gasteiger partial charge in [-0.2, -0.15) is 26.3 Å². The lowest BCUT2D eigenvalue weighted by Gasteiger charge is -2.20. The molecule has 0 saturated carbocycles. The molecule has 0 aromatic heterocycles. The van der Waals surface area contributed by atoms with E-state index < -0.39 is 29.0 Å². The lowest BCUT2D eigenvalue weighted by molar-refractivity contribution is -0.161. The fourth-order valence-corrected chi connectivity index (χ4v) is 2.10. The van der Waals surface area contributed by atoms with E-state index in [9.17, 15) is 26.3 Å². The zero-order valence-corrected chi connectivity index (χ0v) is 10.5. The van der Waals surface area contributed by atoms with E-state index in [4.69, 9.17) is 0 Å². The predicted octanol–water partition coefficient (Wildman–Crippen LogP) is 5.57. The first kappa shape index (κ1) is 15.4. The first-order valence-corrected chi connectivity index (χ1v) is 5.81. The highest BCUT2D eigenvalue weighted by Gasteiger charge is 2.44. The Balaban J connectivity index is 2.82. The second-order valence-corrected chi connectivity index (χ2v) is 4.38. The SMILES string of the molecule is [CH2]c1ccccc1-c1cccc(C(F)(F)F)c1C(F)(F)F. The minimum Gasteiger partial charge on any atom is -0.166 e. The molecule has 0 amide bonds. The molecule has 2 aromatic carbocycles. The molecule has 0 aliphatic carbocycles. The first-order chi connectivity index (χ1) is 9.62. The van der Waals surface area contributed by atoms with Crippen molar-refractivity contribution in [3.8, 4) is 11.1 Å². The zero-order chi connectivity index (χ0) is 15.8. The maximum absolute atomic E-state index is 13.1. The van der Waals surface area contributed by atoms with Crippen molar-refractivity contribution in [3.63, 3.8) is 0 Å². The average molecular weight is 303 g/mol. The van der Waals surface area contributed by atoms with Crippen LogP contribution in [0, 0.1) is 6.92 Å². The van der Waals surface area contributed by atoms with Crippen LogP contribution in [0.25, 0.3) is 11.1 Å². The third kappa shape index (κ3) is 3.04. The standard InChI is InChI=1S/C15H9F6/c1-9-5-2-3-6-10(9)11-7-4-8-12(14(16,17)18)13(11)15(19,20)21/h2-8H,1H2. The van der Waals surface area contributed by atoms with Crippen molar-refractivity contribution < 1.29 is 26.3 Å². The fraction of sp³-hybridized carbons (Fsp3) is 0.133. The van der Waals surface area contributed by atoms with E-state index >= 15 is 0 Å². The molecule has 1 radical (unpaired) electrons. The van der Waals surface area contributed by atoms with Crippen molar-refractivity contribution in [2.45, 2.75) is 12.4 Å². The second kappa shape index (κ2) is 5.09. The molecule has 0 N–H and O–H groups in total. The minimum atomic E-state index is -5.12. The van der Waals surface area contributed by atoms with Gasteiger partial charge in [0, 0.05) is 0 Å². The van der Waals surface area contributed by atoms with Gasteiger partial charge in [0.25, 0.3) is 0 Å². The Morgan fingerprint density at radius 3 is 1.76 bits per heavy atom. The van der Waals surface area contributed by atoms with Crippen molar-refractivity contribution in [3.05, 3.63) is 66.1 Å². The van der Waals surface area contributed by atoms with E-state index in [0.717, 1.165) is 12.1 Å². The molecule has 0 heterocycles. The zero-order valence-electron chi connectivity index (χ0n) is 10.5. The predicted molar refractivity (Wildman–Crippen MR) is 66.3 cm³/mol. The van der Waals surface area contributed by atoms with E-state index in [1.54, 1.807) is 6.07 Å². The summed E-state index contributed by atoms with van der Waals surface area (Å²) in [5.74, 6) is 0. The van der Waals surface area contributed by atoms with Crippen LogP contribution in [0.3, 0.4) is 0 Å². The van der Waals surface area contributed by atoms with E-state index in [1.165, 1.54) is 18.2 Å². The van der Waals surface area contributed by atoms with E-state index in [1.807, 2.05) is 0 Å². The van der Waals surface area contributed by atoms with Crippen molar-refractivity contribution in [2.24, 2.45) is 0 Å². The van der Waals surface area contributed by atoms with Crippen LogP contribution in [-0.2, 0) is 12.4 Å². The maximum Gasteiger partial charge on any atom is 0.417 e. The largest absolute Gasteiger partial charge is 0.417 e. The maximum atomic E-state index is 13.1. The number of hydrogen-bond donors (Lipinski definition) is 0. The summed E-state index contributed by atoms with van der Waals surface area (Å²) in [6.45, 7) is 3.56. The number of hydrogen-bond acceptors (Lipinski definition) is 0. The lowest BCUT2D eigenvalue weighted by atomic mass is 9.92. The molecule has 0 saturated heterocycles. The Bertz CT molecular complexity index is 652. The van der Waals surface area contributed by atoms with Crippen LogP contribution in [0.4, 0.5) is 26.3 Å². The topological polar surface area (TPSA) is 0 Å². The van der Waals surface area contributed by atoms with Crippen LogP contribution >= 0.6 is 0 Å². The van der Waals surface area contributed by atoms with Gasteiger partial charge in [0.15, 0.2) is 0 Å². The molecule has 0 unspecified atom stereocenters. The summed E-state index contributed by atoms with van der Waals surface area (Å²) in [6.07, 6.45) is -10.2. The highest BCUT2D eigenvalue weighted by molar-refractivity contribution is 5.73. The molecular formula is C15H9F6. The number of alkyl halides is 6. The molecular weight excluding hydrogens is 294 g/mol. The minimum absolute atomic E-state index is 0.0240. The third-order valence-electron chi connectivity index (χ3n) is 2.96. The van der Waals surface area contributed by atoms with Crippen LogP contribution in [0.2, 0.25) is 0 Å². The molecule has 0 fully saturated rings. The van der Waals surface area contributed by atoms with E-state index in [-0.39, 0.29) is 11.1 Å². The van der Waals surface area contributed by atoms with Gasteiger partial charge in [-0.3, -0.25) is 0 Å². The lowest BCUT2D eigenvalue weighted by Crippen LogP contribution is -2.17. The molecule has 0 nitrogen and oxygen atoms in total. The van der Waals surface area contributed by atoms with E-state index in [2.05, 4.69) is 6.92 Å². The van der Waals surface area contributed by atoms with Gasteiger partial charge in [-0.05, 0) is 29.7 Å². The summed E-state index contributed by atoms with van der Waals surface area (Å²) in [6, 6.07) is 8.15. The highest BCUT2D eigenvalue weighted by Crippen LogP contribution is 2.45. The van der Waals surface area contributed by atoms with Gasteiger partial charge in [0.05, 0.1) is 11.1 Å². The van der Waals surface area contributed by atoms with Crippen molar-refractivity contribution in [2.75, 3.05) is 0 Å². The highest BCUT2D eigenvalue weighted by atomic mass is 19.4. The summed E-state index contributed by atoms with van der Waals surface area (Å²) >= 11 is 0. The number of benzene rings is 2. The summed E-state index contributed by atoms with van der Waals surface area (Å²) in [5, 5.41) is 0. The van der Waals surface area contributed by atoms with Gasteiger partial charge in [0.2, 0.25) is 0 Å². The van der Waals surface area contributed by atoms with Crippen molar-refractivity contribution in [1.29, 1.82) is 0 Å². The Labute approximate surface area is 117 Å². The van der Waals surface area contributed by atoms with Crippen molar-refractivity contribution in [1.82, 2.24) is 0 Å². The normalized spacial score (nSPS) is 12.5. The first-order valence-electron chi connectivity index (χ1n) is 5.81. The van der Waals surface area contributed by atoms with Gasteiger partial charge in [-0.15, -0.1) is 0 Å². The van der Waals surface area contributed by atoms with Crippen molar-refractivity contribution >= 4 is 0 Å².